The number of hydrogen-bond donors (Lipinski definition) is 2. The number of rotatable bonds is 2. The number of aliphatic hydroxyl groups is 1. The Balaban J connectivity index is 2.13. The molecule has 0 bridgehead atoms. The lowest BCUT2D eigenvalue weighted by Gasteiger charge is -2.10. The molecule has 1 aliphatic heterocycles. The molecular weight excluding hydrogens is 258 g/mol. The van der Waals surface area contributed by atoms with Crippen molar-refractivity contribution in [3.8, 4) is 0 Å². The van der Waals surface area contributed by atoms with E-state index in [0.717, 1.165) is 0 Å². The van der Waals surface area contributed by atoms with Gasteiger partial charge in [0.2, 0.25) is 0 Å². The number of furan rings is 1. The first-order valence-electron chi connectivity index (χ1n) is 6.05. The standard InChI is InChI=1S/C15H11NO4/c17-13(9-5-2-1-3-6-9)11-12(10-7-4-8-20-10)16-15(19)14(11)18/h1-8,12,17H,(H,16,19)/b13-11-. The van der Waals surface area contributed by atoms with Gasteiger partial charge in [-0.15, -0.1) is 0 Å². The fourth-order valence-electron chi connectivity index (χ4n) is 2.19. The lowest BCUT2D eigenvalue weighted by Crippen LogP contribution is -2.20. The largest absolute Gasteiger partial charge is 0.507 e. The van der Waals surface area contributed by atoms with Crippen molar-refractivity contribution in [1.82, 2.24) is 5.32 Å². The predicted octanol–water partition coefficient (Wildman–Crippen LogP) is 1.99. The van der Waals surface area contributed by atoms with Gasteiger partial charge in [-0.3, -0.25) is 9.59 Å². The quantitative estimate of drug-likeness (QED) is 0.496. The highest BCUT2D eigenvalue weighted by molar-refractivity contribution is 6.46. The molecule has 5 nitrogen and oxygen atoms in total. The van der Waals surface area contributed by atoms with Gasteiger partial charge in [-0.25, -0.2) is 0 Å². The molecule has 1 unspecified atom stereocenters. The van der Waals surface area contributed by atoms with E-state index < -0.39 is 17.7 Å². The van der Waals surface area contributed by atoms with Gasteiger partial charge in [-0.05, 0) is 12.1 Å². The molecule has 100 valence electrons. The monoisotopic (exact) mass is 269 g/mol. The Labute approximate surface area is 114 Å². The van der Waals surface area contributed by atoms with Gasteiger partial charge in [0.1, 0.15) is 17.6 Å². The number of ketones is 1. The normalized spacial score (nSPS) is 20.9. The molecule has 2 aromatic rings. The van der Waals surface area contributed by atoms with E-state index >= 15 is 0 Å². The van der Waals surface area contributed by atoms with Crippen LogP contribution < -0.4 is 5.32 Å². The van der Waals surface area contributed by atoms with Crippen LogP contribution in [0.15, 0.2) is 58.7 Å². The molecule has 1 saturated heterocycles. The molecule has 0 aliphatic carbocycles. The summed E-state index contributed by atoms with van der Waals surface area (Å²) in [6, 6.07) is 11.1. The molecule has 2 N–H and O–H groups in total. The Morgan fingerprint density at radius 2 is 1.85 bits per heavy atom. The topological polar surface area (TPSA) is 79.5 Å². The number of Topliss-reactive ketones (excluding diaryl/α,β-unsaturated/α-hetero) is 1. The van der Waals surface area contributed by atoms with Crippen LogP contribution in [0.4, 0.5) is 0 Å². The van der Waals surface area contributed by atoms with E-state index in [9.17, 15) is 14.7 Å². The Morgan fingerprint density at radius 1 is 1.10 bits per heavy atom. The number of hydrogen-bond acceptors (Lipinski definition) is 4. The van der Waals surface area contributed by atoms with Crippen LogP contribution in [0.3, 0.4) is 0 Å². The van der Waals surface area contributed by atoms with Crippen molar-refractivity contribution in [3.63, 3.8) is 0 Å². The second-order valence-corrected chi connectivity index (χ2v) is 4.38. The van der Waals surface area contributed by atoms with Crippen molar-refractivity contribution >= 4 is 17.4 Å². The van der Waals surface area contributed by atoms with Gasteiger partial charge in [-0.2, -0.15) is 0 Å². The number of aliphatic hydroxyl groups excluding tert-OH is 1. The highest BCUT2D eigenvalue weighted by atomic mass is 16.3. The fourth-order valence-corrected chi connectivity index (χ4v) is 2.19. The molecule has 1 atom stereocenters. The Morgan fingerprint density at radius 3 is 2.50 bits per heavy atom. The van der Waals surface area contributed by atoms with Crippen molar-refractivity contribution in [1.29, 1.82) is 0 Å². The van der Waals surface area contributed by atoms with Crippen LogP contribution in [-0.4, -0.2) is 16.8 Å². The van der Waals surface area contributed by atoms with E-state index in [1.54, 1.807) is 42.5 Å². The van der Waals surface area contributed by atoms with Crippen molar-refractivity contribution < 1.29 is 19.1 Å². The number of benzene rings is 1. The van der Waals surface area contributed by atoms with Gasteiger partial charge in [0.15, 0.2) is 0 Å². The van der Waals surface area contributed by atoms with E-state index in [1.807, 2.05) is 0 Å². The van der Waals surface area contributed by atoms with Crippen LogP contribution in [0.1, 0.15) is 17.4 Å². The summed E-state index contributed by atoms with van der Waals surface area (Å²) in [5.41, 5.74) is 0.486. The first kappa shape index (κ1) is 12.2. The van der Waals surface area contributed by atoms with Crippen LogP contribution in [0.5, 0.6) is 0 Å². The lowest BCUT2D eigenvalue weighted by molar-refractivity contribution is -0.133. The molecule has 1 aromatic heterocycles. The van der Waals surface area contributed by atoms with Crippen LogP contribution in [0, 0.1) is 0 Å². The second-order valence-electron chi connectivity index (χ2n) is 4.38. The minimum absolute atomic E-state index is 0.0103. The summed E-state index contributed by atoms with van der Waals surface area (Å²) in [4.78, 5) is 23.5. The highest BCUT2D eigenvalue weighted by Crippen LogP contribution is 2.32. The second kappa shape index (κ2) is 4.70. The zero-order valence-electron chi connectivity index (χ0n) is 10.4. The van der Waals surface area contributed by atoms with Crippen molar-refractivity contribution in [3.05, 3.63) is 65.6 Å². The average Bonchev–Trinajstić information content (AvgIpc) is 3.09. The third kappa shape index (κ3) is 1.89. The van der Waals surface area contributed by atoms with E-state index in [-0.39, 0.29) is 11.3 Å². The Kier molecular flexibility index (Phi) is 2.87. The maximum absolute atomic E-state index is 12.0. The summed E-state index contributed by atoms with van der Waals surface area (Å²) >= 11 is 0. The van der Waals surface area contributed by atoms with E-state index in [0.29, 0.717) is 11.3 Å². The number of nitrogens with one attached hydrogen (secondary N) is 1. The van der Waals surface area contributed by atoms with Gasteiger partial charge in [0.05, 0.1) is 11.8 Å². The third-order valence-corrected chi connectivity index (χ3v) is 3.15. The fraction of sp³-hybridized carbons (Fsp3) is 0.0667. The molecule has 5 heteroatoms. The van der Waals surface area contributed by atoms with Crippen LogP contribution in [0.2, 0.25) is 0 Å². The summed E-state index contributed by atoms with van der Waals surface area (Å²) in [5.74, 6) is -1.30. The maximum atomic E-state index is 12.0. The van der Waals surface area contributed by atoms with Gasteiger partial charge < -0.3 is 14.8 Å². The first-order chi connectivity index (χ1) is 9.68. The number of carbonyl (C=O) groups is 2. The van der Waals surface area contributed by atoms with Crippen LogP contribution >= 0.6 is 0 Å². The van der Waals surface area contributed by atoms with E-state index in [4.69, 9.17) is 4.42 Å². The molecule has 0 spiro atoms. The number of amides is 1. The molecule has 3 rings (SSSR count). The Hall–Kier alpha value is -2.82. The van der Waals surface area contributed by atoms with Crippen molar-refractivity contribution in [2.75, 3.05) is 0 Å². The van der Waals surface area contributed by atoms with Crippen LogP contribution in [0.25, 0.3) is 5.76 Å². The summed E-state index contributed by atoms with van der Waals surface area (Å²) in [6.45, 7) is 0. The van der Waals surface area contributed by atoms with Gasteiger partial charge in [0, 0.05) is 5.56 Å². The average molecular weight is 269 g/mol. The lowest BCUT2D eigenvalue weighted by atomic mass is 10.00. The molecular formula is C15H11NO4. The van der Waals surface area contributed by atoms with E-state index in [1.165, 1.54) is 6.26 Å². The summed E-state index contributed by atoms with van der Waals surface area (Å²) < 4.78 is 5.22. The zero-order valence-corrected chi connectivity index (χ0v) is 10.4. The van der Waals surface area contributed by atoms with Gasteiger partial charge >= 0.3 is 0 Å². The maximum Gasteiger partial charge on any atom is 0.293 e. The molecule has 1 amide bonds. The molecule has 0 saturated carbocycles. The minimum Gasteiger partial charge on any atom is -0.507 e. The zero-order chi connectivity index (χ0) is 14.1. The van der Waals surface area contributed by atoms with Crippen molar-refractivity contribution in [2.24, 2.45) is 0 Å². The highest BCUT2D eigenvalue weighted by Gasteiger charge is 2.40. The van der Waals surface area contributed by atoms with Crippen molar-refractivity contribution in [2.45, 2.75) is 6.04 Å². The molecule has 1 aliphatic rings. The van der Waals surface area contributed by atoms with Gasteiger partial charge in [0.25, 0.3) is 11.7 Å². The predicted molar refractivity (Wildman–Crippen MR) is 70.6 cm³/mol. The molecule has 1 aromatic carbocycles. The summed E-state index contributed by atoms with van der Waals surface area (Å²) in [6.07, 6.45) is 1.45. The third-order valence-electron chi connectivity index (χ3n) is 3.15. The smallest absolute Gasteiger partial charge is 0.293 e. The van der Waals surface area contributed by atoms with Crippen LogP contribution in [-0.2, 0) is 9.59 Å². The summed E-state index contributed by atoms with van der Waals surface area (Å²) in [7, 11) is 0. The molecule has 1 fully saturated rings. The van der Waals surface area contributed by atoms with E-state index in [2.05, 4.69) is 5.32 Å². The van der Waals surface area contributed by atoms with Gasteiger partial charge in [-0.1, -0.05) is 30.3 Å². The molecule has 2 heterocycles. The molecule has 20 heavy (non-hydrogen) atoms. The number of carbonyl (C=O) groups excluding carboxylic acids is 2. The Bertz CT molecular complexity index is 686. The summed E-state index contributed by atoms with van der Waals surface area (Å²) in [5, 5.41) is 12.8. The molecule has 0 radical (unpaired) electrons. The minimum atomic E-state index is -0.759. The first-order valence-corrected chi connectivity index (χ1v) is 6.05. The SMILES string of the molecule is O=C1NC(c2ccco2)/C(=C(/O)c2ccccc2)C1=O.